The van der Waals surface area contributed by atoms with Gasteiger partial charge < -0.3 is 9.55 Å². The average molecular weight is 374 g/mol. The van der Waals surface area contributed by atoms with Crippen LogP contribution in [0.3, 0.4) is 0 Å². The van der Waals surface area contributed by atoms with Gasteiger partial charge in [-0.05, 0) is 12.1 Å². The summed E-state index contributed by atoms with van der Waals surface area (Å²) in [5, 5.41) is 13.3. The van der Waals surface area contributed by atoms with Crippen LogP contribution in [0.5, 0.6) is 0 Å². The van der Waals surface area contributed by atoms with Gasteiger partial charge in [0.05, 0.1) is 24.6 Å². The topological polar surface area (TPSA) is 88.2 Å². The SMILES string of the molecule is Cn1cc(-c2nc3c([nH]2)c(=N)ncn3Cc2c(Cl)cccc2Cl)cn1. The van der Waals surface area contributed by atoms with Crippen LogP contribution in [0.15, 0.2) is 36.9 Å². The normalized spacial score (nSPS) is 11.3. The van der Waals surface area contributed by atoms with Gasteiger partial charge in [0.15, 0.2) is 11.1 Å². The van der Waals surface area contributed by atoms with E-state index in [0.29, 0.717) is 33.6 Å². The Morgan fingerprint density at radius 3 is 2.68 bits per heavy atom. The molecule has 2 N–H and O–H groups in total. The summed E-state index contributed by atoms with van der Waals surface area (Å²) < 4.78 is 3.51. The third-order valence-electron chi connectivity index (χ3n) is 3.89. The van der Waals surface area contributed by atoms with Gasteiger partial charge in [0.1, 0.15) is 11.3 Å². The van der Waals surface area contributed by atoms with Crippen molar-refractivity contribution in [1.82, 2.24) is 29.3 Å². The number of aromatic nitrogens is 6. The van der Waals surface area contributed by atoms with Crippen molar-refractivity contribution >= 4 is 34.4 Å². The molecule has 7 nitrogen and oxygen atoms in total. The Morgan fingerprint density at radius 1 is 1.24 bits per heavy atom. The molecule has 0 bridgehead atoms. The fourth-order valence-corrected chi connectivity index (χ4v) is 3.15. The van der Waals surface area contributed by atoms with E-state index in [4.69, 9.17) is 28.6 Å². The number of benzene rings is 1. The van der Waals surface area contributed by atoms with Gasteiger partial charge in [-0.1, -0.05) is 29.3 Å². The van der Waals surface area contributed by atoms with E-state index in [1.54, 1.807) is 35.4 Å². The molecule has 1 aromatic carbocycles. The number of aromatic amines is 1. The van der Waals surface area contributed by atoms with Crippen molar-refractivity contribution in [3.63, 3.8) is 0 Å². The maximum Gasteiger partial charge on any atom is 0.173 e. The molecular weight excluding hydrogens is 361 g/mol. The summed E-state index contributed by atoms with van der Waals surface area (Å²) in [5.74, 6) is 0.628. The zero-order valence-corrected chi connectivity index (χ0v) is 14.7. The molecule has 0 saturated heterocycles. The number of H-pyrrole nitrogens is 1. The van der Waals surface area contributed by atoms with Crippen molar-refractivity contribution in [1.29, 1.82) is 5.41 Å². The molecule has 0 fully saturated rings. The molecule has 3 heterocycles. The maximum absolute atomic E-state index is 8.04. The quantitative estimate of drug-likeness (QED) is 0.578. The Hall–Kier alpha value is -2.64. The van der Waals surface area contributed by atoms with E-state index < -0.39 is 0 Å². The summed E-state index contributed by atoms with van der Waals surface area (Å²) in [7, 11) is 1.84. The lowest BCUT2D eigenvalue weighted by molar-refractivity contribution is 0.768. The second-order valence-electron chi connectivity index (χ2n) is 5.61. The minimum Gasteiger partial charge on any atom is -0.333 e. The van der Waals surface area contributed by atoms with Crippen molar-refractivity contribution in [2.75, 3.05) is 0 Å². The van der Waals surface area contributed by atoms with Crippen molar-refractivity contribution in [3.8, 4) is 11.4 Å². The average Bonchev–Trinajstić information content (AvgIpc) is 3.20. The first-order valence-electron chi connectivity index (χ1n) is 7.44. The number of imidazole rings is 1. The van der Waals surface area contributed by atoms with Crippen molar-refractivity contribution < 1.29 is 0 Å². The minimum absolute atomic E-state index is 0.124. The van der Waals surface area contributed by atoms with Gasteiger partial charge in [0, 0.05) is 28.9 Å². The van der Waals surface area contributed by atoms with E-state index in [0.717, 1.165) is 11.1 Å². The summed E-state index contributed by atoms with van der Waals surface area (Å²) >= 11 is 12.5. The van der Waals surface area contributed by atoms with Gasteiger partial charge in [0.2, 0.25) is 0 Å². The van der Waals surface area contributed by atoms with Crippen molar-refractivity contribution in [3.05, 3.63) is 58.0 Å². The Kier molecular flexibility index (Phi) is 3.82. The smallest absolute Gasteiger partial charge is 0.173 e. The standard InChI is InChI=1S/C16H13Cl2N7/c1-24-6-9(5-21-24)15-22-13-14(19)20-8-25(16(13)23-15)7-10-11(17)3-2-4-12(10)18/h2-6,8,19H,7H2,1H3,(H,22,23). The molecule has 0 aliphatic rings. The lowest BCUT2D eigenvalue weighted by atomic mass is 10.2. The summed E-state index contributed by atoms with van der Waals surface area (Å²) in [6, 6.07) is 5.38. The predicted molar refractivity (Wildman–Crippen MR) is 95.5 cm³/mol. The first-order chi connectivity index (χ1) is 12.0. The van der Waals surface area contributed by atoms with E-state index in [1.807, 2.05) is 17.8 Å². The molecule has 0 spiro atoms. The van der Waals surface area contributed by atoms with Crippen LogP contribution in [0.1, 0.15) is 5.56 Å². The largest absolute Gasteiger partial charge is 0.333 e. The molecule has 126 valence electrons. The number of hydrogen-bond acceptors (Lipinski definition) is 4. The molecule has 3 aromatic heterocycles. The van der Waals surface area contributed by atoms with Crippen LogP contribution in [0, 0.1) is 5.41 Å². The van der Waals surface area contributed by atoms with Gasteiger partial charge in [-0.2, -0.15) is 5.10 Å². The highest BCUT2D eigenvalue weighted by Gasteiger charge is 2.14. The lowest BCUT2D eigenvalue weighted by Gasteiger charge is -2.10. The molecule has 0 unspecified atom stereocenters. The molecule has 0 amide bonds. The molecule has 0 radical (unpaired) electrons. The van der Waals surface area contributed by atoms with E-state index in [1.165, 1.54) is 0 Å². The molecule has 25 heavy (non-hydrogen) atoms. The highest BCUT2D eigenvalue weighted by Crippen LogP contribution is 2.26. The van der Waals surface area contributed by atoms with E-state index in [-0.39, 0.29) is 5.49 Å². The Balaban J connectivity index is 1.86. The van der Waals surface area contributed by atoms with Gasteiger partial charge in [0.25, 0.3) is 0 Å². The number of aryl methyl sites for hydroxylation is 1. The van der Waals surface area contributed by atoms with Crippen LogP contribution in [-0.4, -0.2) is 29.3 Å². The first-order valence-corrected chi connectivity index (χ1v) is 8.20. The number of rotatable bonds is 3. The fraction of sp³-hybridized carbons (Fsp3) is 0.125. The highest BCUT2D eigenvalue weighted by molar-refractivity contribution is 6.36. The van der Waals surface area contributed by atoms with Gasteiger partial charge in [-0.25, -0.2) is 9.97 Å². The third-order valence-corrected chi connectivity index (χ3v) is 4.60. The summed E-state index contributed by atoms with van der Waals surface area (Å²) in [6.07, 6.45) is 5.13. The number of fused-ring (bicyclic) bond motifs is 1. The number of nitrogens with zero attached hydrogens (tertiary/aromatic N) is 5. The van der Waals surface area contributed by atoms with E-state index in [9.17, 15) is 0 Å². The third kappa shape index (κ3) is 2.81. The maximum atomic E-state index is 8.04. The van der Waals surface area contributed by atoms with Gasteiger partial charge >= 0.3 is 0 Å². The molecule has 0 aliphatic heterocycles. The Labute approximate surface area is 152 Å². The zero-order valence-electron chi connectivity index (χ0n) is 13.2. The fourth-order valence-electron chi connectivity index (χ4n) is 2.63. The minimum atomic E-state index is 0.124. The van der Waals surface area contributed by atoms with Crippen LogP contribution < -0.4 is 5.49 Å². The monoisotopic (exact) mass is 373 g/mol. The molecule has 0 aliphatic carbocycles. The molecule has 4 aromatic rings. The Bertz CT molecular complexity index is 1120. The molecule has 0 saturated carbocycles. The number of nitrogens with one attached hydrogen (secondary N) is 2. The van der Waals surface area contributed by atoms with Crippen LogP contribution in [0.2, 0.25) is 10.0 Å². The Morgan fingerprint density at radius 2 is 2.00 bits per heavy atom. The summed E-state index contributed by atoms with van der Waals surface area (Å²) in [4.78, 5) is 11.9. The van der Waals surface area contributed by atoms with Crippen LogP contribution in [0.25, 0.3) is 22.6 Å². The molecule has 4 rings (SSSR count). The molecule has 0 atom stereocenters. The molecule has 9 heteroatoms. The van der Waals surface area contributed by atoms with Gasteiger partial charge in [-0.3, -0.25) is 10.1 Å². The number of hydrogen-bond donors (Lipinski definition) is 2. The zero-order chi connectivity index (χ0) is 17.6. The second-order valence-corrected chi connectivity index (χ2v) is 6.42. The summed E-state index contributed by atoms with van der Waals surface area (Å²) in [5.41, 5.74) is 2.89. The van der Waals surface area contributed by atoms with Crippen LogP contribution in [0.4, 0.5) is 0 Å². The molecular formula is C16H13Cl2N7. The first kappa shape index (κ1) is 15.9. The van der Waals surface area contributed by atoms with Crippen LogP contribution >= 0.6 is 23.2 Å². The van der Waals surface area contributed by atoms with E-state index >= 15 is 0 Å². The summed E-state index contributed by atoms with van der Waals surface area (Å²) in [6.45, 7) is 0.402. The van der Waals surface area contributed by atoms with Crippen molar-refractivity contribution in [2.45, 2.75) is 6.54 Å². The number of halogens is 2. The second kappa shape index (κ2) is 6.02. The van der Waals surface area contributed by atoms with Crippen LogP contribution in [-0.2, 0) is 13.6 Å². The van der Waals surface area contributed by atoms with E-state index in [2.05, 4.69) is 20.1 Å². The predicted octanol–water partition coefficient (Wildman–Crippen LogP) is 2.99. The van der Waals surface area contributed by atoms with Crippen molar-refractivity contribution in [2.24, 2.45) is 7.05 Å². The highest BCUT2D eigenvalue weighted by atomic mass is 35.5. The van der Waals surface area contributed by atoms with Gasteiger partial charge in [-0.15, -0.1) is 0 Å². The lowest BCUT2D eigenvalue weighted by Crippen LogP contribution is -2.13.